The molecule has 18 heavy (non-hydrogen) atoms. The van der Waals surface area contributed by atoms with Gasteiger partial charge < -0.3 is 9.52 Å². The van der Waals surface area contributed by atoms with E-state index in [-0.39, 0.29) is 0 Å². The highest BCUT2D eigenvalue weighted by molar-refractivity contribution is 5.81. The van der Waals surface area contributed by atoms with Gasteiger partial charge in [-0.2, -0.15) is 0 Å². The minimum absolute atomic E-state index is 0.498. The first kappa shape index (κ1) is 10.9. The van der Waals surface area contributed by atoms with E-state index >= 15 is 0 Å². The Labute approximate surface area is 104 Å². The van der Waals surface area contributed by atoms with Crippen LogP contribution in [0.3, 0.4) is 0 Å². The Morgan fingerprint density at radius 3 is 2.89 bits per heavy atom. The maximum Gasteiger partial charge on any atom is 0.154 e. The van der Waals surface area contributed by atoms with E-state index in [1.165, 1.54) is 6.33 Å². The lowest BCUT2D eigenvalue weighted by Crippen LogP contribution is -2.00. The van der Waals surface area contributed by atoms with Gasteiger partial charge in [-0.25, -0.2) is 9.97 Å². The summed E-state index contributed by atoms with van der Waals surface area (Å²) in [6.07, 6.45) is 2.14. The van der Waals surface area contributed by atoms with E-state index in [4.69, 9.17) is 4.42 Å². The second kappa shape index (κ2) is 4.23. The molecule has 4 nitrogen and oxygen atoms in total. The van der Waals surface area contributed by atoms with Crippen molar-refractivity contribution in [3.8, 4) is 0 Å². The van der Waals surface area contributed by atoms with Gasteiger partial charge >= 0.3 is 0 Å². The van der Waals surface area contributed by atoms with Crippen LogP contribution in [-0.2, 0) is 0 Å². The van der Waals surface area contributed by atoms with E-state index in [0.717, 1.165) is 16.5 Å². The number of aromatic nitrogens is 2. The normalized spacial score (nSPS) is 12.8. The Morgan fingerprint density at radius 2 is 2.17 bits per heavy atom. The van der Waals surface area contributed by atoms with Crippen LogP contribution in [0.15, 0.2) is 47.3 Å². The molecule has 0 saturated heterocycles. The van der Waals surface area contributed by atoms with Gasteiger partial charge in [0.2, 0.25) is 0 Å². The van der Waals surface area contributed by atoms with Crippen LogP contribution in [0.5, 0.6) is 0 Å². The van der Waals surface area contributed by atoms with Crippen molar-refractivity contribution in [2.75, 3.05) is 0 Å². The molecule has 0 aliphatic rings. The first-order valence-corrected chi connectivity index (χ1v) is 5.69. The van der Waals surface area contributed by atoms with Crippen molar-refractivity contribution in [2.24, 2.45) is 0 Å². The van der Waals surface area contributed by atoms with Gasteiger partial charge in [0.25, 0.3) is 0 Å². The van der Waals surface area contributed by atoms with Crippen molar-refractivity contribution in [3.05, 3.63) is 59.9 Å². The van der Waals surface area contributed by atoms with Crippen LogP contribution in [0.2, 0.25) is 0 Å². The van der Waals surface area contributed by atoms with Gasteiger partial charge in [0, 0.05) is 11.6 Å². The summed E-state index contributed by atoms with van der Waals surface area (Å²) in [6, 6.07) is 9.42. The van der Waals surface area contributed by atoms with Crippen molar-refractivity contribution in [1.29, 1.82) is 0 Å². The number of benzene rings is 1. The van der Waals surface area contributed by atoms with Crippen molar-refractivity contribution >= 4 is 11.0 Å². The van der Waals surface area contributed by atoms with E-state index in [1.54, 1.807) is 12.3 Å². The zero-order valence-electron chi connectivity index (χ0n) is 9.87. The van der Waals surface area contributed by atoms with Crippen molar-refractivity contribution in [2.45, 2.75) is 13.0 Å². The number of hydrogen-bond donors (Lipinski definition) is 1. The molecule has 2 aromatic heterocycles. The molecule has 0 spiro atoms. The molecule has 3 aromatic rings. The SMILES string of the molecule is Cc1cccc2cc(C(O)c3ccncn3)oc12. The van der Waals surface area contributed by atoms with Gasteiger partial charge in [0.15, 0.2) is 6.10 Å². The van der Waals surface area contributed by atoms with Crippen molar-refractivity contribution in [1.82, 2.24) is 9.97 Å². The highest BCUT2D eigenvalue weighted by atomic mass is 16.4. The molecule has 1 aromatic carbocycles. The van der Waals surface area contributed by atoms with Crippen LogP contribution in [-0.4, -0.2) is 15.1 Å². The predicted molar refractivity (Wildman–Crippen MR) is 67.0 cm³/mol. The second-order valence-electron chi connectivity index (χ2n) is 4.18. The van der Waals surface area contributed by atoms with E-state index in [2.05, 4.69) is 9.97 Å². The molecular formula is C14H12N2O2. The average Bonchev–Trinajstić information content (AvgIpc) is 2.84. The number of para-hydroxylation sites is 1. The number of furan rings is 1. The lowest BCUT2D eigenvalue weighted by molar-refractivity contribution is 0.187. The molecule has 0 radical (unpaired) electrons. The Hall–Kier alpha value is -2.20. The second-order valence-corrected chi connectivity index (χ2v) is 4.18. The molecule has 0 aliphatic heterocycles. The summed E-state index contributed by atoms with van der Waals surface area (Å²) < 4.78 is 5.70. The molecule has 0 aliphatic carbocycles. The molecule has 1 N–H and O–H groups in total. The van der Waals surface area contributed by atoms with Gasteiger partial charge in [-0.3, -0.25) is 0 Å². The van der Waals surface area contributed by atoms with Crippen LogP contribution in [0, 0.1) is 6.92 Å². The molecule has 2 heterocycles. The summed E-state index contributed by atoms with van der Waals surface area (Å²) in [4.78, 5) is 7.85. The molecule has 1 atom stereocenters. The fourth-order valence-corrected chi connectivity index (χ4v) is 1.97. The monoisotopic (exact) mass is 240 g/mol. The number of aryl methyl sites for hydroxylation is 1. The van der Waals surface area contributed by atoms with Gasteiger partial charge in [-0.05, 0) is 24.6 Å². The van der Waals surface area contributed by atoms with Crippen molar-refractivity contribution < 1.29 is 9.52 Å². The van der Waals surface area contributed by atoms with Crippen molar-refractivity contribution in [3.63, 3.8) is 0 Å². The van der Waals surface area contributed by atoms with E-state index in [9.17, 15) is 5.11 Å². The Morgan fingerprint density at radius 1 is 1.28 bits per heavy atom. The maximum absolute atomic E-state index is 10.2. The third-order valence-corrected chi connectivity index (χ3v) is 2.91. The predicted octanol–water partition coefficient (Wildman–Crippen LogP) is 2.61. The van der Waals surface area contributed by atoms with Gasteiger partial charge in [-0.1, -0.05) is 18.2 Å². The van der Waals surface area contributed by atoms with Gasteiger partial charge in [-0.15, -0.1) is 0 Å². The quantitative estimate of drug-likeness (QED) is 0.748. The highest BCUT2D eigenvalue weighted by Crippen LogP contribution is 2.28. The van der Waals surface area contributed by atoms with E-state index in [1.807, 2.05) is 31.2 Å². The largest absolute Gasteiger partial charge is 0.458 e. The number of aliphatic hydroxyl groups excluding tert-OH is 1. The van der Waals surface area contributed by atoms with E-state index < -0.39 is 6.10 Å². The number of fused-ring (bicyclic) bond motifs is 1. The van der Waals surface area contributed by atoms with Crippen LogP contribution in [0.4, 0.5) is 0 Å². The zero-order valence-corrected chi connectivity index (χ0v) is 9.87. The topological polar surface area (TPSA) is 59.2 Å². The molecule has 4 heteroatoms. The summed E-state index contributed by atoms with van der Waals surface area (Å²) in [5.74, 6) is 0.498. The summed E-state index contributed by atoms with van der Waals surface area (Å²) >= 11 is 0. The van der Waals surface area contributed by atoms with E-state index in [0.29, 0.717) is 11.5 Å². The summed E-state index contributed by atoms with van der Waals surface area (Å²) in [5, 5.41) is 11.2. The smallest absolute Gasteiger partial charge is 0.154 e. The minimum atomic E-state index is -0.861. The third-order valence-electron chi connectivity index (χ3n) is 2.91. The first-order chi connectivity index (χ1) is 8.75. The average molecular weight is 240 g/mol. The van der Waals surface area contributed by atoms with Crippen LogP contribution < -0.4 is 0 Å². The minimum Gasteiger partial charge on any atom is -0.458 e. The molecule has 0 amide bonds. The number of aliphatic hydroxyl groups is 1. The Bertz CT molecular complexity index is 677. The molecule has 90 valence electrons. The molecule has 0 bridgehead atoms. The fourth-order valence-electron chi connectivity index (χ4n) is 1.97. The first-order valence-electron chi connectivity index (χ1n) is 5.69. The molecule has 3 rings (SSSR count). The summed E-state index contributed by atoms with van der Waals surface area (Å²) in [5.41, 5.74) is 2.39. The van der Waals surface area contributed by atoms with Gasteiger partial charge in [0.05, 0.1) is 5.69 Å². The molecular weight excluding hydrogens is 228 g/mol. The molecule has 1 unspecified atom stereocenters. The summed E-state index contributed by atoms with van der Waals surface area (Å²) in [7, 11) is 0. The Balaban J connectivity index is 2.07. The lowest BCUT2D eigenvalue weighted by Gasteiger charge is -2.05. The standard InChI is InChI=1S/C14H12N2O2/c1-9-3-2-4-10-7-12(18-14(9)10)13(17)11-5-6-15-8-16-11/h2-8,13,17H,1H3. The van der Waals surface area contributed by atoms with Crippen LogP contribution in [0.25, 0.3) is 11.0 Å². The van der Waals surface area contributed by atoms with Crippen LogP contribution >= 0.6 is 0 Å². The fraction of sp³-hybridized carbons (Fsp3) is 0.143. The summed E-state index contributed by atoms with van der Waals surface area (Å²) in [6.45, 7) is 1.98. The number of hydrogen-bond acceptors (Lipinski definition) is 4. The van der Waals surface area contributed by atoms with Gasteiger partial charge in [0.1, 0.15) is 17.7 Å². The molecule has 0 saturated carbocycles. The van der Waals surface area contributed by atoms with Crippen LogP contribution in [0.1, 0.15) is 23.1 Å². The zero-order chi connectivity index (χ0) is 12.5. The molecule has 0 fully saturated rings. The lowest BCUT2D eigenvalue weighted by atomic mass is 10.1. The highest BCUT2D eigenvalue weighted by Gasteiger charge is 2.17. The number of rotatable bonds is 2. The Kier molecular flexibility index (Phi) is 2.57. The third kappa shape index (κ3) is 1.76. The maximum atomic E-state index is 10.2. The number of nitrogens with zero attached hydrogens (tertiary/aromatic N) is 2.